The molecule has 7 heavy (non-hydrogen) atoms. The van der Waals surface area contributed by atoms with Crippen molar-refractivity contribution in [2.45, 2.75) is 11.9 Å². The Bertz CT molecular complexity index is 58.7. The number of alkyl halides is 1. The van der Waals surface area contributed by atoms with Gasteiger partial charge in [0.2, 0.25) is 0 Å². The van der Waals surface area contributed by atoms with Gasteiger partial charge in [-0.3, -0.25) is 0 Å². The molecule has 1 aliphatic heterocycles. The Hall–Kier alpha value is 0.210. The molecule has 0 radical (unpaired) electrons. The lowest BCUT2D eigenvalue weighted by molar-refractivity contribution is 0.309. The first-order valence-corrected chi connectivity index (χ1v) is 2.84. The molecule has 0 aromatic rings. The van der Waals surface area contributed by atoms with Gasteiger partial charge in [-0.15, -0.1) is 11.6 Å². The lowest BCUT2D eigenvalue weighted by Gasteiger charge is -2.05. The summed E-state index contributed by atoms with van der Waals surface area (Å²) in [6.07, 6.45) is 1.05. The van der Waals surface area contributed by atoms with Gasteiger partial charge in [0.1, 0.15) is 0 Å². The molecule has 1 atom stereocenters. The first kappa shape index (κ1) is 5.35. The first-order chi connectivity index (χ1) is 3.29. The number of hydrogen-bond donors (Lipinski definition) is 1. The topological polar surface area (TPSA) is 15.3 Å². The average molecular weight is 121 g/mol. The van der Waals surface area contributed by atoms with Gasteiger partial charge in [0.25, 0.3) is 0 Å². The van der Waals surface area contributed by atoms with E-state index < -0.39 is 0 Å². The minimum absolute atomic E-state index is 0.171. The van der Waals surface area contributed by atoms with E-state index in [0.29, 0.717) is 0 Å². The summed E-state index contributed by atoms with van der Waals surface area (Å²) in [5.41, 5.74) is 3.19. The van der Waals surface area contributed by atoms with Gasteiger partial charge in [-0.05, 0) is 6.42 Å². The number of halogens is 1. The smallest absolute Gasteiger partial charge is 0.0966 e. The van der Waals surface area contributed by atoms with Crippen molar-refractivity contribution in [2.75, 3.05) is 13.6 Å². The molecule has 1 saturated heterocycles. The highest BCUT2D eigenvalue weighted by atomic mass is 35.5. The minimum atomic E-state index is 0.171. The van der Waals surface area contributed by atoms with E-state index >= 15 is 0 Å². The second kappa shape index (κ2) is 1.99. The fourth-order valence-electron chi connectivity index (χ4n) is 0.675. The predicted molar refractivity (Wildman–Crippen MR) is 30.0 cm³/mol. The molecule has 1 rings (SSSR count). The van der Waals surface area contributed by atoms with E-state index in [0.717, 1.165) is 13.0 Å². The summed E-state index contributed by atoms with van der Waals surface area (Å²) in [6, 6.07) is 0. The van der Waals surface area contributed by atoms with E-state index in [9.17, 15) is 0 Å². The maximum absolute atomic E-state index is 5.65. The van der Waals surface area contributed by atoms with E-state index in [1.165, 1.54) is 0 Å². The highest BCUT2D eigenvalue weighted by molar-refractivity contribution is 6.20. The zero-order valence-electron chi connectivity index (χ0n) is 4.32. The quantitative estimate of drug-likeness (QED) is 0.368. The Morgan fingerprint density at radius 2 is 2.57 bits per heavy atom. The largest absolute Gasteiger partial charge is 0.246 e. The van der Waals surface area contributed by atoms with Crippen molar-refractivity contribution in [2.24, 2.45) is 0 Å². The summed E-state index contributed by atoms with van der Waals surface area (Å²) >= 11 is 5.65. The van der Waals surface area contributed by atoms with E-state index in [4.69, 9.17) is 11.6 Å². The molecule has 1 fully saturated rings. The normalized spacial score (nSPS) is 34.3. The van der Waals surface area contributed by atoms with E-state index in [2.05, 4.69) is 5.43 Å². The van der Waals surface area contributed by atoms with Crippen LogP contribution in [0.3, 0.4) is 0 Å². The monoisotopic (exact) mass is 120 g/mol. The van der Waals surface area contributed by atoms with Crippen LogP contribution in [0.25, 0.3) is 0 Å². The van der Waals surface area contributed by atoms with Crippen LogP contribution in [0.15, 0.2) is 0 Å². The molecule has 1 unspecified atom stereocenters. The molecule has 2 nitrogen and oxygen atoms in total. The van der Waals surface area contributed by atoms with Gasteiger partial charge in [-0.25, -0.2) is 10.4 Å². The zero-order valence-corrected chi connectivity index (χ0v) is 5.07. The van der Waals surface area contributed by atoms with Crippen LogP contribution < -0.4 is 5.43 Å². The molecule has 0 aromatic carbocycles. The van der Waals surface area contributed by atoms with Gasteiger partial charge >= 0.3 is 0 Å². The second-order valence-corrected chi connectivity index (χ2v) is 2.33. The van der Waals surface area contributed by atoms with Crippen LogP contribution in [-0.2, 0) is 0 Å². The maximum atomic E-state index is 5.65. The van der Waals surface area contributed by atoms with Crippen LogP contribution in [0.2, 0.25) is 0 Å². The van der Waals surface area contributed by atoms with Gasteiger partial charge in [0.05, 0.1) is 5.50 Å². The molecule has 1 N–H and O–H groups in total. The third-order valence-electron chi connectivity index (χ3n) is 1.08. The summed E-state index contributed by atoms with van der Waals surface area (Å²) in [5.74, 6) is 0. The van der Waals surface area contributed by atoms with Crippen molar-refractivity contribution in [1.29, 1.82) is 0 Å². The fraction of sp³-hybridized carbons (Fsp3) is 1.00. The van der Waals surface area contributed by atoms with Crippen molar-refractivity contribution < 1.29 is 0 Å². The Morgan fingerprint density at radius 1 is 1.86 bits per heavy atom. The highest BCUT2D eigenvalue weighted by Crippen LogP contribution is 2.05. The maximum Gasteiger partial charge on any atom is 0.0966 e. The van der Waals surface area contributed by atoms with E-state index in [1.54, 1.807) is 0 Å². The molecular formula is C4H9ClN2. The molecule has 0 aromatic heterocycles. The SMILES string of the molecule is CN1CCC(Cl)N1. The third kappa shape index (κ3) is 1.30. The van der Waals surface area contributed by atoms with Crippen LogP contribution in [0.4, 0.5) is 0 Å². The molecule has 0 spiro atoms. The molecule has 42 valence electrons. The summed E-state index contributed by atoms with van der Waals surface area (Å²) in [5, 5.41) is 2.00. The predicted octanol–water partition coefficient (Wildman–Crippen LogP) is 0.391. The van der Waals surface area contributed by atoms with E-state index in [-0.39, 0.29) is 5.50 Å². The lowest BCUT2D eigenvalue weighted by Crippen LogP contribution is -2.28. The van der Waals surface area contributed by atoms with Gasteiger partial charge in [0, 0.05) is 13.6 Å². The van der Waals surface area contributed by atoms with Crippen LogP contribution in [0.5, 0.6) is 0 Å². The average Bonchev–Trinajstić information content (AvgIpc) is 1.87. The first-order valence-electron chi connectivity index (χ1n) is 2.40. The van der Waals surface area contributed by atoms with Gasteiger partial charge in [0.15, 0.2) is 0 Å². The third-order valence-corrected chi connectivity index (χ3v) is 1.39. The molecule has 0 aliphatic carbocycles. The van der Waals surface area contributed by atoms with Crippen LogP contribution in [0.1, 0.15) is 6.42 Å². The number of hydrazine groups is 1. The highest BCUT2D eigenvalue weighted by Gasteiger charge is 2.13. The molecule has 0 bridgehead atoms. The Labute approximate surface area is 48.4 Å². The Balaban J connectivity index is 2.26. The number of hydrogen-bond acceptors (Lipinski definition) is 2. The van der Waals surface area contributed by atoms with Crippen molar-refractivity contribution >= 4 is 11.6 Å². The molecule has 1 aliphatic rings. The zero-order chi connectivity index (χ0) is 5.28. The van der Waals surface area contributed by atoms with Crippen LogP contribution >= 0.6 is 11.6 Å². The Morgan fingerprint density at radius 3 is 2.71 bits per heavy atom. The standard InChI is InChI=1S/C4H9ClN2/c1-7-3-2-4(5)6-7/h4,6H,2-3H2,1H3. The van der Waals surface area contributed by atoms with Crippen LogP contribution in [-0.4, -0.2) is 24.1 Å². The molecule has 0 saturated carbocycles. The van der Waals surface area contributed by atoms with E-state index in [1.807, 2.05) is 12.1 Å². The summed E-state index contributed by atoms with van der Waals surface area (Å²) < 4.78 is 0. The molecule has 0 amide bonds. The molecule has 1 heterocycles. The van der Waals surface area contributed by atoms with Gasteiger partial charge < -0.3 is 0 Å². The number of rotatable bonds is 0. The summed E-state index contributed by atoms with van der Waals surface area (Å²) in [4.78, 5) is 0. The van der Waals surface area contributed by atoms with Crippen molar-refractivity contribution in [3.05, 3.63) is 0 Å². The fourth-order valence-corrected chi connectivity index (χ4v) is 0.939. The second-order valence-electron chi connectivity index (χ2n) is 1.81. The van der Waals surface area contributed by atoms with Crippen molar-refractivity contribution in [3.8, 4) is 0 Å². The van der Waals surface area contributed by atoms with Gasteiger partial charge in [-0.1, -0.05) is 0 Å². The molecular weight excluding hydrogens is 112 g/mol. The number of nitrogens with zero attached hydrogens (tertiary/aromatic N) is 1. The van der Waals surface area contributed by atoms with Crippen LogP contribution in [0, 0.1) is 0 Å². The molecule has 3 heteroatoms. The Kier molecular flexibility index (Phi) is 1.52. The van der Waals surface area contributed by atoms with Gasteiger partial charge in [-0.2, -0.15) is 0 Å². The lowest BCUT2D eigenvalue weighted by atomic mass is 10.5. The summed E-state index contributed by atoms with van der Waals surface area (Å²) in [7, 11) is 1.99. The number of nitrogens with one attached hydrogen (secondary N) is 1. The van der Waals surface area contributed by atoms with Crippen molar-refractivity contribution in [3.63, 3.8) is 0 Å². The van der Waals surface area contributed by atoms with Crippen molar-refractivity contribution in [1.82, 2.24) is 10.4 Å². The minimum Gasteiger partial charge on any atom is -0.246 e. The summed E-state index contributed by atoms with van der Waals surface area (Å²) in [6.45, 7) is 1.06.